The first-order valence-electron chi connectivity index (χ1n) is 5.11. The highest BCUT2D eigenvalue weighted by Crippen LogP contribution is 2.29. The van der Waals surface area contributed by atoms with Crippen molar-refractivity contribution in [2.75, 3.05) is 19.8 Å². The monoisotopic (exact) mass is 187 g/mol. The highest BCUT2D eigenvalue weighted by molar-refractivity contribution is 4.76. The van der Waals surface area contributed by atoms with Crippen LogP contribution >= 0.6 is 0 Å². The summed E-state index contributed by atoms with van der Waals surface area (Å²) in [5.41, 5.74) is 5.13. The molecule has 1 unspecified atom stereocenters. The fraction of sp³-hybridized carbons (Fsp3) is 1.00. The van der Waals surface area contributed by atoms with Crippen LogP contribution in [0, 0.1) is 5.92 Å². The highest BCUT2D eigenvalue weighted by atomic mass is 16.5. The quantitative estimate of drug-likeness (QED) is 0.607. The smallest absolute Gasteiger partial charge is 0.0665 e. The van der Waals surface area contributed by atoms with E-state index in [9.17, 15) is 0 Å². The van der Waals surface area contributed by atoms with Gasteiger partial charge in [0.05, 0.1) is 18.8 Å². The molecule has 1 aliphatic carbocycles. The predicted octanol–water partition coefficient (Wildman–Crippen LogP) is 0.903. The standard InChI is InChI=1S/C10H21NO2/c1-10(11,7-12)8-13-6-5-9-3-2-4-9/h9,12H,2-8,11H2,1H3. The van der Waals surface area contributed by atoms with Crippen molar-refractivity contribution in [3.8, 4) is 0 Å². The molecular formula is C10H21NO2. The van der Waals surface area contributed by atoms with Gasteiger partial charge in [-0.15, -0.1) is 0 Å². The molecule has 1 rings (SSSR count). The average molecular weight is 187 g/mol. The third-order valence-corrected chi connectivity index (χ3v) is 2.69. The lowest BCUT2D eigenvalue weighted by Crippen LogP contribution is -2.45. The molecule has 3 heteroatoms. The maximum Gasteiger partial charge on any atom is 0.0665 e. The maximum atomic E-state index is 8.85. The van der Waals surface area contributed by atoms with Crippen LogP contribution in [0.15, 0.2) is 0 Å². The Bertz CT molecular complexity index is 144. The van der Waals surface area contributed by atoms with Crippen molar-refractivity contribution >= 4 is 0 Å². The zero-order valence-corrected chi connectivity index (χ0v) is 8.46. The summed E-state index contributed by atoms with van der Waals surface area (Å²) >= 11 is 0. The minimum Gasteiger partial charge on any atom is -0.394 e. The molecule has 13 heavy (non-hydrogen) atoms. The molecule has 0 saturated heterocycles. The normalized spacial score (nSPS) is 22.4. The zero-order chi connectivity index (χ0) is 9.73. The molecular weight excluding hydrogens is 166 g/mol. The van der Waals surface area contributed by atoms with Crippen molar-refractivity contribution in [1.82, 2.24) is 0 Å². The molecule has 78 valence electrons. The van der Waals surface area contributed by atoms with Crippen LogP contribution in [0.2, 0.25) is 0 Å². The van der Waals surface area contributed by atoms with Gasteiger partial charge in [0.25, 0.3) is 0 Å². The van der Waals surface area contributed by atoms with E-state index in [2.05, 4.69) is 0 Å². The number of nitrogens with two attached hydrogens (primary N) is 1. The molecule has 0 bridgehead atoms. The fourth-order valence-corrected chi connectivity index (χ4v) is 1.38. The molecule has 0 radical (unpaired) electrons. The van der Waals surface area contributed by atoms with E-state index in [1.165, 1.54) is 19.3 Å². The first-order chi connectivity index (χ1) is 6.14. The lowest BCUT2D eigenvalue weighted by molar-refractivity contribution is 0.0504. The first-order valence-corrected chi connectivity index (χ1v) is 5.11. The van der Waals surface area contributed by atoms with Gasteiger partial charge in [0.1, 0.15) is 0 Å². The van der Waals surface area contributed by atoms with Gasteiger partial charge in [0.15, 0.2) is 0 Å². The molecule has 0 spiro atoms. The van der Waals surface area contributed by atoms with Crippen LogP contribution < -0.4 is 5.73 Å². The van der Waals surface area contributed by atoms with Gasteiger partial charge in [0, 0.05) is 6.61 Å². The van der Waals surface area contributed by atoms with E-state index in [1.807, 2.05) is 0 Å². The topological polar surface area (TPSA) is 55.5 Å². The summed E-state index contributed by atoms with van der Waals surface area (Å²) in [5, 5.41) is 8.85. The lowest BCUT2D eigenvalue weighted by atomic mass is 9.83. The summed E-state index contributed by atoms with van der Waals surface area (Å²) < 4.78 is 5.41. The molecule has 3 nitrogen and oxygen atoms in total. The average Bonchev–Trinajstić information content (AvgIpc) is 2.01. The van der Waals surface area contributed by atoms with E-state index in [-0.39, 0.29) is 6.61 Å². The van der Waals surface area contributed by atoms with Gasteiger partial charge in [-0.3, -0.25) is 0 Å². The molecule has 1 saturated carbocycles. The van der Waals surface area contributed by atoms with Gasteiger partial charge in [-0.25, -0.2) is 0 Å². The summed E-state index contributed by atoms with van der Waals surface area (Å²) in [7, 11) is 0. The molecule has 1 fully saturated rings. The molecule has 3 N–H and O–H groups in total. The maximum absolute atomic E-state index is 8.85. The lowest BCUT2D eigenvalue weighted by Gasteiger charge is -2.26. The van der Waals surface area contributed by atoms with E-state index in [0.29, 0.717) is 6.61 Å². The van der Waals surface area contributed by atoms with E-state index >= 15 is 0 Å². The van der Waals surface area contributed by atoms with E-state index in [0.717, 1.165) is 18.9 Å². The Labute approximate surface area is 80.3 Å². The molecule has 0 aromatic rings. The van der Waals surface area contributed by atoms with Gasteiger partial charge in [-0.2, -0.15) is 0 Å². The number of hydrogen-bond donors (Lipinski definition) is 2. The van der Waals surface area contributed by atoms with Gasteiger partial charge in [-0.05, 0) is 19.3 Å². The number of hydrogen-bond acceptors (Lipinski definition) is 3. The van der Waals surface area contributed by atoms with Gasteiger partial charge in [-0.1, -0.05) is 19.3 Å². The van der Waals surface area contributed by atoms with E-state index in [4.69, 9.17) is 15.6 Å². The van der Waals surface area contributed by atoms with Crippen molar-refractivity contribution in [2.24, 2.45) is 11.7 Å². The molecule has 1 aliphatic rings. The van der Waals surface area contributed by atoms with Crippen molar-refractivity contribution in [1.29, 1.82) is 0 Å². The third-order valence-electron chi connectivity index (χ3n) is 2.69. The Morgan fingerprint density at radius 3 is 2.69 bits per heavy atom. The van der Waals surface area contributed by atoms with Gasteiger partial charge in [0.2, 0.25) is 0 Å². The second kappa shape index (κ2) is 4.94. The van der Waals surface area contributed by atoms with E-state index in [1.54, 1.807) is 6.92 Å². The van der Waals surface area contributed by atoms with Crippen LogP contribution in [0.1, 0.15) is 32.6 Å². The van der Waals surface area contributed by atoms with Crippen molar-refractivity contribution in [2.45, 2.75) is 38.1 Å². The Hall–Kier alpha value is -0.120. The van der Waals surface area contributed by atoms with Gasteiger partial charge >= 0.3 is 0 Å². The van der Waals surface area contributed by atoms with Crippen LogP contribution in [0.5, 0.6) is 0 Å². The fourth-order valence-electron chi connectivity index (χ4n) is 1.38. The summed E-state index contributed by atoms with van der Waals surface area (Å²) in [5.74, 6) is 0.887. The number of ether oxygens (including phenoxy) is 1. The van der Waals surface area contributed by atoms with Crippen molar-refractivity contribution in [3.05, 3.63) is 0 Å². The Balaban J connectivity index is 1.93. The van der Waals surface area contributed by atoms with Crippen LogP contribution in [-0.2, 0) is 4.74 Å². The molecule has 0 heterocycles. The summed E-state index contributed by atoms with van der Waals surface area (Å²) in [6.45, 7) is 3.03. The van der Waals surface area contributed by atoms with Crippen LogP contribution in [0.3, 0.4) is 0 Å². The number of aliphatic hydroxyl groups is 1. The van der Waals surface area contributed by atoms with Crippen LogP contribution in [0.4, 0.5) is 0 Å². The highest BCUT2D eigenvalue weighted by Gasteiger charge is 2.19. The molecule has 0 amide bonds. The Morgan fingerprint density at radius 1 is 1.54 bits per heavy atom. The molecule has 1 atom stereocenters. The number of aliphatic hydroxyl groups excluding tert-OH is 1. The van der Waals surface area contributed by atoms with Crippen molar-refractivity contribution in [3.63, 3.8) is 0 Å². The third kappa shape index (κ3) is 4.07. The minimum absolute atomic E-state index is 0.0174. The summed E-state index contributed by atoms with van der Waals surface area (Å²) in [6, 6.07) is 0. The minimum atomic E-state index is -0.570. The largest absolute Gasteiger partial charge is 0.394 e. The second-order valence-corrected chi connectivity index (χ2v) is 4.45. The number of rotatable bonds is 6. The summed E-state index contributed by atoms with van der Waals surface area (Å²) in [6.07, 6.45) is 5.27. The Kier molecular flexibility index (Phi) is 4.16. The van der Waals surface area contributed by atoms with Crippen LogP contribution in [0.25, 0.3) is 0 Å². The SMILES string of the molecule is CC(N)(CO)COCCC1CCC1. The van der Waals surface area contributed by atoms with Gasteiger partial charge < -0.3 is 15.6 Å². The molecule has 0 aromatic heterocycles. The second-order valence-electron chi connectivity index (χ2n) is 4.45. The predicted molar refractivity (Wildman–Crippen MR) is 52.5 cm³/mol. The molecule has 0 aromatic carbocycles. The molecule has 0 aliphatic heterocycles. The van der Waals surface area contributed by atoms with Crippen LogP contribution in [-0.4, -0.2) is 30.5 Å². The Morgan fingerprint density at radius 2 is 2.23 bits per heavy atom. The summed E-state index contributed by atoms with van der Waals surface area (Å²) in [4.78, 5) is 0. The first kappa shape index (κ1) is 11.0. The van der Waals surface area contributed by atoms with E-state index < -0.39 is 5.54 Å². The zero-order valence-electron chi connectivity index (χ0n) is 8.46. The van der Waals surface area contributed by atoms with Crippen molar-refractivity contribution < 1.29 is 9.84 Å².